The second-order valence-electron chi connectivity index (χ2n) is 7.05. The number of aryl methyl sites for hydroxylation is 2. The number of amides is 1. The Morgan fingerprint density at radius 1 is 1.31 bits per heavy atom. The molecule has 0 atom stereocenters. The Kier molecular flexibility index (Phi) is 5.71. The lowest BCUT2D eigenvalue weighted by Crippen LogP contribution is -2.27. The Morgan fingerprint density at radius 2 is 2.08 bits per heavy atom. The van der Waals surface area contributed by atoms with Crippen molar-refractivity contribution in [3.05, 3.63) is 40.3 Å². The minimum atomic E-state index is -0.0664. The van der Waals surface area contributed by atoms with Gasteiger partial charge in [0.2, 0.25) is 5.91 Å². The van der Waals surface area contributed by atoms with Crippen molar-refractivity contribution < 1.29 is 4.79 Å². The molecule has 5 nitrogen and oxygen atoms in total. The van der Waals surface area contributed by atoms with Crippen LogP contribution in [0.4, 0.5) is 0 Å². The minimum Gasteiger partial charge on any atom is -0.356 e. The van der Waals surface area contributed by atoms with Gasteiger partial charge in [0.1, 0.15) is 0 Å². The maximum Gasteiger partial charge on any atom is 0.276 e. The van der Waals surface area contributed by atoms with Gasteiger partial charge in [0.05, 0.1) is 15.8 Å². The highest BCUT2D eigenvalue weighted by Gasteiger charge is 2.14. The minimum absolute atomic E-state index is 0.0393. The molecule has 0 aliphatic rings. The molecule has 0 bridgehead atoms. The van der Waals surface area contributed by atoms with Gasteiger partial charge < -0.3 is 5.32 Å². The first kappa shape index (κ1) is 18.6. The SMILES string of the molecule is Cc1nn(CCCC(=O)NCCC(C)C)c(=O)c2c1sc1ccccc12. The molecule has 1 amide bonds. The van der Waals surface area contributed by atoms with Gasteiger partial charge in [-0.1, -0.05) is 32.0 Å². The molecule has 3 rings (SSSR count). The van der Waals surface area contributed by atoms with Crippen LogP contribution in [0.1, 0.15) is 38.8 Å². The highest BCUT2D eigenvalue weighted by Crippen LogP contribution is 2.32. The second kappa shape index (κ2) is 7.99. The van der Waals surface area contributed by atoms with Crippen molar-refractivity contribution in [2.75, 3.05) is 6.54 Å². The van der Waals surface area contributed by atoms with Gasteiger partial charge in [-0.05, 0) is 31.7 Å². The summed E-state index contributed by atoms with van der Waals surface area (Å²) in [5, 5.41) is 9.13. The molecule has 0 unspecified atom stereocenters. The maximum atomic E-state index is 12.9. The number of carbonyl (C=O) groups excluding carboxylic acids is 1. The highest BCUT2D eigenvalue weighted by molar-refractivity contribution is 7.26. The summed E-state index contributed by atoms with van der Waals surface area (Å²) in [6.07, 6.45) is 2.00. The number of fused-ring (bicyclic) bond motifs is 3. The molecule has 0 saturated carbocycles. The lowest BCUT2D eigenvalue weighted by molar-refractivity contribution is -0.121. The summed E-state index contributed by atoms with van der Waals surface area (Å²) in [6, 6.07) is 7.96. The van der Waals surface area contributed by atoms with E-state index in [0.29, 0.717) is 31.8 Å². The van der Waals surface area contributed by atoms with Crippen molar-refractivity contribution in [1.29, 1.82) is 0 Å². The van der Waals surface area contributed by atoms with Crippen LogP contribution in [-0.4, -0.2) is 22.2 Å². The van der Waals surface area contributed by atoms with Crippen molar-refractivity contribution in [2.24, 2.45) is 5.92 Å². The van der Waals surface area contributed by atoms with Crippen LogP contribution in [0.2, 0.25) is 0 Å². The molecule has 6 heteroatoms. The molecule has 2 aromatic heterocycles. The van der Waals surface area contributed by atoms with Crippen LogP contribution in [0.25, 0.3) is 20.2 Å². The lowest BCUT2D eigenvalue weighted by atomic mass is 10.1. The molecule has 0 aliphatic carbocycles. The molecule has 26 heavy (non-hydrogen) atoms. The van der Waals surface area contributed by atoms with Gasteiger partial charge in [-0.15, -0.1) is 11.3 Å². The van der Waals surface area contributed by atoms with E-state index in [1.165, 1.54) is 4.68 Å². The molecular formula is C20H25N3O2S. The van der Waals surface area contributed by atoms with E-state index in [2.05, 4.69) is 24.3 Å². The van der Waals surface area contributed by atoms with E-state index in [-0.39, 0.29) is 11.5 Å². The summed E-state index contributed by atoms with van der Waals surface area (Å²) in [4.78, 5) is 24.8. The topological polar surface area (TPSA) is 64.0 Å². The number of aromatic nitrogens is 2. The average Bonchev–Trinajstić information content (AvgIpc) is 2.99. The first-order valence-corrected chi connectivity index (χ1v) is 9.94. The fraction of sp³-hybridized carbons (Fsp3) is 0.450. The standard InChI is InChI=1S/C20H25N3O2S/c1-13(2)10-11-21-17(24)9-6-12-23-20(25)18-15-7-4-5-8-16(15)26-19(18)14(3)22-23/h4-5,7-8,13H,6,9-12H2,1-3H3,(H,21,24). The maximum absolute atomic E-state index is 12.9. The fourth-order valence-corrected chi connectivity index (χ4v) is 4.18. The third kappa shape index (κ3) is 3.96. The van der Waals surface area contributed by atoms with Gasteiger partial charge in [0, 0.05) is 29.6 Å². The Labute approximate surface area is 157 Å². The van der Waals surface area contributed by atoms with Gasteiger partial charge >= 0.3 is 0 Å². The third-order valence-corrected chi connectivity index (χ3v) is 5.74. The van der Waals surface area contributed by atoms with Crippen LogP contribution < -0.4 is 10.9 Å². The molecule has 1 N–H and O–H groups in total. The van der Waals surface area contributed by atoms with Crippen molar-refractivity contribution in [3.63, 3.8) is 0 Å². The van der Waals surface area contributed by atoms with E-state index in [9.17, 15) is 9.59 Å². The quantitative estimate of drug-likeness (QED) is 0.686. The van der Waals surface area contributed by atoms with E-state index in [1.807, 2.05) is 31.2 Å². The normalized spacial score (nSPS) is 11.5. The van der Waals surface area contributed by atoms with Crippen molar-refractivity contribution >= 4 is 37.4 Å². The number of nitrogens with one attached hydrogen (secondary N) is 1. The van der Waals surface area contributed by atoms with Crippen LogP contribution in [0, 0.1) is 12.8 Å². The van der Waals surface area contributed by atoms with Gasteiger partial charge in [0.25, 0.3) is 5.56 Å². The van der Waals surface area contributed by atoms with Gasteiger partial charge in [0.15, 0.2) is 0 Å². The predicted molar refractivity (Wildman–Crippen MR) is 108 cm³/mol. The molecule has 2 heterocycles. The predicted octanol–water partition coefficient (Wildman–Crippen LogP) is 3.86. The van der Waals surface area contributed by atoms with Crippen LogP contribution in [0.5, 0.6) is 0 Å². The third-order valence-electron chi connectivity index (χ3n) is 4.46. The van der Waals surface area contributed by atoms with Gasteiger partial charge in [-0.25, -0.2) is 4.68 Å². The van der Waals surface area contributed by atoms with Crippen LogP contribution in [0.3, 0.4) is 0 Å². The summed E-state index contributed by atoms with van der Waals surface area (Å²) in [5.41, 5.74) is 0.797. The molecule has 0 spiro atoms. The Hall–Kier alpha value is -2.21. The van der Waals surface area contributed by atoms with Crippen LogP contribution in [-0.2, 0) is 11.3 Å². The number of carbonyl (C=O) groups is 1. The molecular weight excluding hydrogens is 346 g/mol. The molecule has 3 aromatic rings. The number of thiophene rings is 1. The summed E-state index contributed by atoms with van der Waals surface area (Å²) >= 11 is 1.61. The molecule has 138 valence electrons. The Balaban J connectivity index is 1.73. The lowest BCUT2D eigenvalue weighted by Gasteiger charge is -2.08. The summed E-state index contributed by atoms with van der Waals surface area (Å²) < 4.78 is 3.57. The zero-order valence-electron chi connectivity index (χ0n) is 15.5. The summed E-state index contributed by atoms with van der Waals surface area (Å²) in [7, 11) is 0. The van der Waals surface area contributed by atoms with Crippen LogP contribution in [0.15, 0.2) is 29.1 Å². The summed E-state index contributed by atoms with van der Waals surface area (Å²) in [5.74, 6) is 0.616. The fourth-order valence-electron chi connectivity index (χ4n) is 3.04. The van der Waals surface area contributed by atoms with Crippen molar-refractivity contribution in [1.82, 2.24) is 15.1 Å². The smallest absolute Gasteiger partial charge is 0.276 e. The zero-order chi connectivity index (χ0) is 18.7. The molecule has 0 fully saturated rings. The average molecular weight is 372 g/mol. The highest BCUT2D eigenvalue weighted by atomic mass is 32.1. The Morgan fingerprint density at radius 3 is 2.85 bits per heavy atom. The van der Waals surface area contributed by atoms with Crippen molar-refractivity contribution in [3.8, 4) is 0 Å². The zero-order valence-corrected chi connectivity index (χ0v) is 16.4. The largest absolute Gasteiger partial charge is 0.356 e. The first-order chi connectivity index (χ1) is 12.5. The number of rotatable bonds is 7. The van der Waals surface area contributed by atoms with Crippen molar-refractivity contribution in [2.45, 2.75) is 46.6 Å². The summed E-state index contributed by atoms with van der Waals surface area (Å²) in [6.45, 7) is 7.37. The van der Waals surface area contributed by atoms with E-state index < -0.39 is 0 Å². The van der Waals surface area contributed by atoms with Crippen LogP contribution >= 0.6 is 11.3 Å². The van der Waals surface area contributed by atoms with E-state index >= 15 is 0 Å². The number of hydrogen-bond donors (Lipinski definition) is 1. The van der Waals surface area contributed by atoms with E-state index in [0.717, 1.165) is 32.3 Å². The number of hydrogen-bond acceptors (Lipinski definition) is 4. The molecule has 1 aromatic carbocycles. The number of benzene rings is 1. The monoisotopic (exact) mass is 371 g/mol. The molecule has 0 saturated heterocycles. The number of nitrogens with zero attached hydrogens (tertiary/aromatic N) is 2. The van der Waals surface area contributed by atoms with Gasteiger partial charge in [-0.2, -0.15) is 5.10 Å². The first-order valence-electron chi connectivity index (χ1n) is 9.13. The Bertz CT molecular complexity index is 988. The second-order valence-corrected chi connectivity index (χ2v) is 8.10. The van der Waals surface area contributed by atoms with Gasteiger partial charge in [-0.3, -0.25) is 9.59 Å². The van der Waals surface area contributed by atoms with E-state index in [1.54, 1.807) is 11.3 Å². The molecule has 0 aliphatic heterocycles. The van der Waals surface area contributed by atoms with E-state index in [4.69, 9.17) is 0 Å². The molecule has 0 radical (unpaired) electrons.